The van der Waals surface area contributed by atoms with E-state index in [-0.39, 0.29) is 0 Å². The van der Waals surface area contributed by atoms with Gasteiger partial charge in [-0.25, -0.2) is 0 Å². The molecule has 68 valence electrons. The van der Waals surface area contributed by atoms with E-state index in [0.29, 0.717) is 19.1 Å². The summed E-state index contributed by atoms with van der Waals surface area (Å²) in [5.74, 6) is 1.23. The van der Waals surface area contributed by atoms with Crippen molar-refractivity contribution in [3.63, 3.8) is 0 Å². The summed E-state index contributed by atoms with van der Waals surface area (Å²) in [6, 6.07) is 1.94. The standard InChI is InChI=1S/C9H15NO2/c1-4-11-6-8-5-9(7(2)3)10-12-8/h5,7H,4,6H2,1-3H3. The molecule has 12 heavy (non-hydrogen) atoms. The molecule has 0 unspecified atom stereocenters. The molecule has 0 amide bonds. The molecule has 0 aliphatic carbocycles. The minimum atomic E-state index is 0.420. The zero-order valence-electron chi connectivity index (χ0n) is 7.83. The Morgan fingerprint density at radius 3 is 2.83 bits per heavy atom. The van der Waals surface area contributed by atoms with Crippen LogP contribution in [0, 0.1) is 0 Å². The topological polar surface area (TPSA) is 35.3 Å². The number of hydrogen-bond acceptors (Lipinski definition) is 3. The summed E-state index contributed by atoms with van der Waals surface area (Å²) in [4.78, 5) is 0. The molecule has 0 spiro atoms. The van der Waals surface area contributed by atoms with Gasteiger partial charge in [-0.2, -0.15) is 0 Å². The van der Waals surface area contributed by atoms with E-state index >= 15 is 0 Å². The Bertz CT molecular complexity index is 230. The SMILES string of the molecule is CCOCc1cc(C(C)C)no1. The molecule has 0 saturated carbocycles. The lowest BCUT2D eigenvalue weighted by Gasteiger charge is -1.94. The van der Waals surface area contributed by atoms with Gasteiger partial charge in [0.2, 0.25) is 0 Å². The molecular weight excluding hydrogens is 154 g/mol. The van der Waals surface area contributed by atoms with Gasteiger partial charge in [0.15, 0.2) is 5.76 Å². The molecule has 0 saturated heterocycles. The molecule has 0 fully saturated rings. The zero-order chi connectivity index (χ0) is 8.97. The van der Waals surface area contributed by atoms with E-state index in [1.807, 2.05) is 13.0 Å². The van der Waals surface area contributed by atoms with Crippen molar-refractivity contribution >= 4 is 0 Å². The Kier molecular flexibility index (Phi) is 3.29. The van der Waals surface area contributed by atoms with Gasteiger partial charge in [-0.1, -0.05) is 19.0 Å². The second-order valence-corrected chi connectivity index (χ2v) is 3.01. The third-order valence-corrected chi connectivity index (χ3v) is 1.62. The smallest absolute Gasteiger partial charge is 0.162 e. The summed E-state index contributed by atoms with van der Waals surface area (Å²) in [6.07, 6.45) is 0. The minimum absolute atomic E-state index is 0.420. The molecule has 1 aromatic rings. The first-order valence-corrected chi connectivity index (χ1v) is 4.27. The van der Waals surface area contributed by atoms with E-state index in [4.69, 9.17) is 9.26 Å². The maximum atomic E-state index is 5.18. The molecular formula is C9H15NO2. The van der Waals surface area contributed by atoms with Crippen molar-refractivity contribution in [2.45, 2.75) is 33.3 Å². The molecule has 0 atom stereocenters. The van der Waals surface area contributed by atoms with Gasteiger partial charge in [0.1, 0.15) is 6.61 Å². The maximum Gasteiger partial charge on any atom is 0.162 e. The first-order valence-electron chi connectivity index (χ1n) is 4.27. The van der Waals surface area contributed by atoms with Gasteiger partial charge >= 0.3 is 0 Å². The number of ether oxygens (including phenoxy) is 1. The maximum absolute atomic E-state index is 5.18. The first-order chi connectivity index (χ1) is 5.74. The number of rotatable bonds is 4. The molecule has 0 aromatic carbocycles. The van der Waals surface area contributed by atoms with Crippen molar-refractivity contribution in [2.75, 3.05) is 6.61 Å². The van der Waals surface area contributed by atoms with Crippen LogP contribution in [0.3, 0.4) is 0 Å². The fraction of sp³-hybridized carbons (Fsp3) is 0.667. The van der Waals surface area contributed by atoms with Gasteiger partial charge in [-0.15, -0.1) is 0 Å². The third-order valence-electron chi connectivity index (χ3n) is 1.62. The van der Waals surface area contributed by atoms with Crippen LogP contribution < -0.4 is 0 Å². The van der Waals surface area contributed by atoms with E-state index in [9.17, 15) is 0 Å². The van der Waals surface area contributed by atoms with Crippen LogP contribution in [0.4, 0.5) is 0 Å². The first kappa shape index (κ1) is 9.26. The van der Waals surface area contributed by atoms with Crippen molar-refractivity contribution in [3.05, 3.63) is 17.5 Å². The van der Waals surface area contributed by atoms with E-state index < -0.39 is 0 Å². The molecule has 1 heterocycles. The Labute approximate surface area is 72.7 Å². The number of nitrogens with zero attached hydrogens (tertiary/aromatic N) is 1. The van der Waals surface area contributed by atoms with E-state index in [1.54, 1.807) is 0 Å². The lowest BCUT2D eigenvalue weighted by Crippen LogP contribution is -1.89. The Hall–Kier alpha value is -0.830. The van der Waals surface area contributed by atoms with Gasteiger partial charge in [-0.05, 0) is 12.8 Å². The van der Waals surface area contributed by atoms with Gasteiger partial charge in [0, 0.05) is 12.7 Å². The molecule has 1 rings (SSSR count). The predicted molar refractivity (Wildman–Crippen MR) is 45.9 cm³/mol. The number of hydrogen-bond donors (Lipinski definition) is 0. The highest BCUT2D eigenvalue weighted by Gasteiger charge is 2.06. The molecule has 0 aliphatic rings. The van der Waals surface area contributed by atoms with Crippen LogP contribution in [-0.4, -0.2) is 11.8 Å². The largest absolute Gasteiger partial charge is 0.374 e. The normalized spacial score (nSPS) is 11.0. The average Bonchev–Trinajstić information content (AvgIpc) is 2.48. The zero-order valence-corrected chi connectivity index (χ0v) is 7.83. The summed E-state index contributed by atoms with van der Waals surface area (Å²) < 4.78 is 10.2. The summed E-state index contributed by atoms with van der Waals surface area (Å²) in [7, 11) is 0. The van der Waals surface area contributed by atoms with E-state index in [1.165, 1.54) is 0 Å². The predicted octanol–water partition coefficient (Wildman–Crippen LogP) is 2.33. The van der Waals surface area contributed by atoms with Crippen molar-refractivity contribution in [3.8, 4) is 0 Å². The third kappa shape index (κ3) is 2.34. The molecule has 0 radical (unpaired) electrons. The van der Waals surface area contributed by atoms with Crippen molar-refractivity contribution in [1.82, 2.24) is 5.16 Å². The molecule has 3 heteroatoms. The molecule has 0 N–H and O–H groups in total. The van der Waals surface area contributed by atoms with Crippen molar-refractivity contribution < 1.29 is 9.26 Å². The van der Waals surface area contributed by atoms with Gasteiger partial charge in [0.25, 0.3) is 0 Å². The van der Waals surface area contributed by atoms with Crippen LogP contribution in [-0.2, 0) is 11.3 Å². The van der Waals surface area contributed by atoms with Crippen LogP contribution in [0.1, 0.15) is 38.1 Å². The highest BCUT2D eigenvalue weighted by Crippen LogP contribution is 2.14. The van der Waals surface area contributed by atoms with Crippen LogP contribution in [0.5, 0.6) is 0 Å². The quantitative estimate of drug-likeness (QED) is 0.693. The highest BCUT2D eigenvalue weighted by atomic mass is 16.5. The van der Waals surface area contributed by atoms with E-state index in [2.05, 4.69) is 19.0 Å². The van der Waals surface area contributed by atoms with Crippen molar-refractivity contribution in [1.29, 1.82) is 0 Å². The second-order valence-electron chi connectivity index (χ2n) is 3.01. The summed E-state index contributed by atoms with van der Waals surface area (Å²) in [5, 5.41) is 3.91. The number of aromatic nitrogens is 1. The minimum Gasteiger partial charge on any atom is -0.374 e. The molecule has 0 bridgehead atoms. The summed E-state index contributed by atoms with van der Waals surface area (Å²) in [5.41, 5.74) is 0.990. The fourth-order valence-electron chi connectivity index (χ4n) is 0.872. The summed E-state index contributed by atoms with van der Waals surface area (Å²) >= 11 is 0. The fourth-order valence-corrected chi connectivity index (χ4v) is 0.872. The molecule has 0 aliphatic heterocycles. The van der Waals surface area contributed by atoms with Crippen LogP contribution in [0.15, 0.2) is 10.6 Å². The van der Waals surface area contributed by atoms with Crippen LogP contribution in [0.2, 0.25) is 0 Å². The Balaban J connectivity index is 2.52. The molecule has 1 aromatic heterocycles. The molecule has 3 nitrogen and oxygen atoms in total. The highest BCUT2D eigenvalue weighted by molar-refractivity contribution is 5.07. The van der Waals surface area contributed by atoms with Gasteiger partial charge in [0.05, 0.1) is 5.69 Å². The summed E-state index contributed by atoms with van der Waals surface area (Å²) in [6.45, 7) is 7.36. The van der Waals surface area contributed by atoms with Gasteiger partial charge < -0.3 is 9.26 Å². The van der Waals surface area contributed by atoms with Crippen LogP contribution >= 0.6 is 0 Å². The van der Waals surface area contributed by atoms with Crippen LogP contribution in [0.25, 0.3) is 0 Å². The van der Waals surface area contributed by atoms with Gasteiger partial charge in [-0.3, -0.25) is 0 Å². The lowest BCUT2D eigenvalue weighted by molar-refractivity contribution is 0.112. The monoisotopic (exact) mass is 169 g/mol. The average molecular weight is 169 g/mol. The Morgan fingerprint density at radius 2 is 2.33 bits per heavy atom. The second kappa shape index (κ2) is 4.26. The van der Waals surface area contributed by atoms with E-state index in [0.717, 1.165) is 11.5 Å². The lowest BCUT2D eigenvalue weighted by atomic mass is 10.1. The Morgan fingerprint density at radius 1 is 1.58 bits per heavy atom. The van der Waals surface area contributed by atoms with Crippen molar-refractivity contribution in [2.24, 2.45) is 0 Å².